The molecule has 0 aliphatic heterocycles. The molecule has 0 aliphatic rings. The zero-order chi connectivity index (χ0) is 11.1. The predicted octanol–water partition coefficient (Wildman–Crippen LogP) is 3.45. The van der Waals surface area contributed by atoms with E-state index >= 15 is 0 Å². The van der Waals surface area contributed by atoms with Crippen LogP contribution in [-0.2, 0) is 0 Å². The van der Waals surface area contributed by atoms with Gasteiger partial charge in [-0.2, -0.15) is 0 Å². The highest BCUT2D eigenvalue weighted by Crippen LogP contribution is 2.25. The average Bonchev–Trinajstić information content (AvgIpc) is 2.29. The van der Waals surface area contributed by atoms with Crippen LogP contribution >= 0.6 is 0 Å². The van der Waals surface area contributed by atoms with E-state index in [0.29, 0.717) is 5.92 Å². The fourth-order valence-corrected chi connectivity index (χ4v) is 1.77. The summed E-state index contributed by atoms with van der Waals surface area (Å²) in [5.41, 5.74) is 7.40. The molecule has 0 saturated carbocycles. The van der Waals surface area contributed by atoms with Gasteiger partial charge in [0.2, 0.25) is 0 Å². The Morgan fingerprint density at radius 3 is 2.07 bits per heavy atom. The van der Waals surface area contributed by atoms with Crippen LogP contribution in [0, 0.1) is 5.92 Å². The van der Waals surface area contributed by atoms with Gasteiger partial charge in [-0.05, 0) is 24.3 Å². The van der Waals surface area contributed by atoms with E-state index in [1.807, 2.05) is 30.4 Å². The molecule has 1 atom stereocenters. The summed E-state index contributed by atoms with van der Waals surface area (Å²) < 4.78 is 0. The van der Waals surface area contributed by atoms with Crippen LogP contribution in [-0.4, -0.2) is 0 Å². The van der Waals surface area contributed by atoms with Gasteiger partial charge >= 0.3 is 0 Å². The highest BCUT2D eigenvalue weighted by Gasteiger charge is 2.16. The SMILES string of the molecule is C=CCC(CC=C)C(N)c1ccccc1. The van der Waals surface area contributed by atoms with Gasteiger partial charge in [0.05, 0.1) is 0 Å². The number of nitrogens with two attached hydrogens (primary N) is 1. The molecular weight excluding hydrogens is 182 g/mol. The molecule has 1 aromatic rings. The quantitative estimate of drug-likeness (QED) is 0.701. The molecule has 1 nitrogen and oxygen atoms in total. The van der Waals surface area contributed by atoms with E-state index in [2.05, 4.69) is 25.3 Å². The first-order valence-corrected chi connectivity index (χ1v) is 5.32. The minimum Gasteiger partial charge on any atom is -0.324 e. The second kappa shape index (κ2) is 6.20. The third-order valence-electron chi connectivity index (χ3n) is 2.63. The average molecular weight is 201 g/mol. The Hall–Kier alpha value is -1.34. The smallest absolute Gasteiger partial charge is 0.0329 e. The maximum atomic E-state index is 6.22. The Kier molecular flexibility index (Phi) is 4.85. The van der Waals surface area contributed by atoms with Gasteiger partial charge in [0.1, 0.15) is 0 Å². The predicted molar refractivity (Wildman–Crippen MR) is 66.5 cm³/mol. The zero-order valence-electron chi connectivity index (χ0n) is 9.10. The molecule has 0 spiro atoms. The van der Waals surface area contributed by atoms with Crippen molar-refractivity contribution in [2.45, 2.75) is 18.9 Å². The summed E-state index contributed by atoms with van der Waals surface area (Å²) in [6.45, 7) is 7.54. The first kappa shape index (κ1) is 11.7. The van der Waals surface area contributed by atoms with E-state index in [1.54, 1.807) is 0 Å². The number of hydrogen-bond acceptors (Lipinski definition) is 1. The molecule has 80 valence electrons. The molecule has 0 radical (unpaired) electrons. The fraction of sp³-hybridized carbons (Fsp3) is 0.286. The van der Waals surface area contributed by atoms with Gasteiger partial charge in [0.15, 0.2) is 0 Å². The topological polar surface area (TPSA) is 26.0 Å². The van der Waals surface area contributed by atoms with Gasteiger partial charge < -0.3 is 5.73 Å². The maximum absolute atomic E-state index is 6.22. The normalized spacial score (nSPS) is 12.4. The largest absolute Gasteiger partial charge is 0.324 e. The van der Waals surface area contributed by atoms with Gasteiger partial charge in [-0.25, -0.2) is 0 Å². The van der Waals surface area contributed by atoms with E-state index in [1.165, 1.54) is 5.56 Å². The molecule has 1 aromatic carbocycles. The van der Waals surface area contributed by atoms with Crippen LogP contribution in [0.15, 0.2) is 55.6 Å². The Morgan fingerprint density at radius 2 is 1.60 bits per heavy atom. The van der Waals surface area contributed by atoms with Crippen LogP contribution in [0.5, 0.6) is 0 Å². The monoisotopic (exact) mass is 201 g/mol. The number of hydrogen-bond donors (Lipinski definition) is 1. The van der Waals surface area contributed by atoms with Crippen LogP contribution in [0.4, 0.5) is 0 Å². The Bertz CT molecular complexity index is 292. The van der Waals surface area contributed by atoms with E-state index in [-0.39, 0.29) is 6.04 Å². The van der Waals surface area contributed by atoms with Crippen molar-refractivity contribution < 1.29 is 0 Å². The molecule has 0 heterocycles. The second-order valence-corrected chi connectivity index (χ2v) is 3.75. The second-order valence-electron chi connectivity index (χ2n) is 3.75. The summed E-state index contributed by atoms with van der Waals surface area (Å²) in [5.74, 6) is 0.405. The summed E-state index contributed by atoms with van der Waals surface area (Å²) in [5, 5.41) is 0. The van der Waals surface area contributed by atoms with Crippen LogP contribution in [0.1, 0.15) is 24.4 Å². The van der Waals surface area contributed by atoms with Crippen LogP contribution < -0.4 is 5.73 Å². The van der Waals surface area contributed by atoms with Crippen molar-refractivity contribution in [2.24, 2.45) is 11.7 Å². The highest BCUT2D eigenvalue weighted by atomic mass is 14.6. The molecule has 1 rings (SSSR count). The molecule has 15 heavy (non-hydrogen) atoms. The molecule has 2 N–H and O–H groups in total. The Morgan fingerprint density at radius 1 is 1.07 bits per heavy atom. The third kappa shape index (κ3) is 3.37. The van der Waals surface area contributed by atoms with Crippen LogP contribution in [0.25, 0.3) is 0 Å². The standard InChI is InChI=1S/C14H19N/c1-3-8-12(9-4-2)14(15)13-10-6-5-7-11-13/h3-7,10-12,14H,1-2,8-9,15H2. The lowest BCUT2D eigenvalue weighted by atomic mass is 9.88. The van der Waals surface area contributed by atoms with Crippen LogP contribution in [0.2, 0.25) is 0 Å². The number of benzene rings is 1. The zero-order valence-corrected chi connectivity index (χ0v) is 9.10. The van der Waals surface area contributed by atoms with Gasteiger partial charge in [0.25, 0.3) is 0 Å². The molecule has 0 amide bonds. The third-order valence-corrected chi connectivity index (χ3v) is 2.63. The number of rotatable bonds is 6. The lowest BCUT2D eigenvalue weighted by molar-refractivity contribution is 0.441. The summed E-state index contributed by atoms with van der Waals surface area (Å²) in [6.07, 6.45) is 5.72. The van der Waals surface area contributed by atoms with Crippen molar-refractivity contribution in [1.29, 1.82) is 0 Å². The van der Waals surface area contributed by atoms with Crippen molar-refractivity contribution in [3.05, 3.63) is 61.2 Å². The molecule has 0 aliphatic carbocycles. The molecular formula is C14H19N. The van der Waals surface area contributed by atoms with E-state index in [9.17, 15) is 0 Å². The van der Waals surface area contributed by atoms with E-state index in [0.717, 1.165) is 12.8 Å². The van der Waals surface area contributed by atoms with E-state index < -0.39 is 0 Å². The minimum absolute atomic E-state index is 0.0715. The lowest BCUT2D eigenvalue weighted by Crippen LogP contribution is -2.20. The molecule has 0 saturated heterocycles. The Balaban J connectivity index is 2.75. The maximum Gasteiger partial charge on any atom is 0.0329 e. The van der Waals surface area contributed by atoms with Gasteiger partial charge in [0, 0.05) is 6.04 Å². The molecule has 1 unspecified atom stereocenters. The summed E-state index contributed by atoms with van der Waals surface area (Å²) in [6, 6.07) is 10.3. The lowest BCUT2D eigenvalue weighted by Gasteiger charge is -2.21. The van der Waals surface area contributed by atoms with Crippen molar-refractivity contribution in [3.63, 3.8) is 0 Å². The molecule has 0 bridgehead atoms. The molecule has 1 heteroatoms. The molecule has 0 aromatic heterocycles. The highest BCUT2D eigenvalue weighted by molar-refractivity contribution is 5.19. The Labute approximate surface area is 92.3 Å². The minimum atomic E-state index is 0.0715. The van der Waals surface area contributed by atoms with Crippen molar-refractivity contribution in [3.8, 4) is 0 Å². The summed E-state index contributed by atoms with van der Waals surface area (Å²) >= 11 is 0. The fourth-order valence-electron chi connectivity index (χ4n) is 1.77. The van der Waals surface area contributed by atoms with Crippen molar-refractivity contribution in [1.82, 2.24) is 0 Å². The summed E-state index contributed by atoms with van der Waals surface area (Å²) in [7, 11) is 0. The first-order valence-electron chi connectivity index (χ1n) is 5.32. The first-order chi connectivity index (χ1) is 7.29. The van der Waals surface area contributed by atoms with Crippen molar-refractivity contribution in [2.75, 3.05) is 0 Å². The van der Waals surface area contributed by atoms with Gasteiger partial charge in [-0.15, -0.1) is 13.2 Å². The summed E-state index contributed by atoms with van der Waals surface area (Å²) in [4.78, 5) is 0. The van der Waals surface area contributed by atoms with E-state index in [4.69, 9.17) is 5.73 Å². The van der Waals surface area contributed by atoms with Gasteiger partial charge in [-0.3, -0.25) is 0 Å². The van der Waals surface area contributed by atoms with Crippen LogP contribution in [0.3, 0.4) is 0 Å². The number of allylic oxidation sites excluding steroid dienone is 2. The van der Waals surface area contributed by atoms with Crippen molar-refractivity contribution >= 4 is 0 Å². The molecule has 0 fully saturated rings. The van der Waals surface area contributed by atoms with Gasteiger partial charge in [-0.1, -0.05) is 42.5 Å².